The summed E-state index contributed by atoms with van der Waals surface area (Å²) in [7, 11) is 0. The fourth-order valence-corrected chi connectivity index (χ4v) is 3.24. The van der Waals surface area contributed by atoms with E-state index in [2.05, 4.69) is 10.3 Å². The monoisotopic (exact) mass is 411 g/mol. The van der Waals surface area contributed by atoms with Crippen LogP contribution in [0.4, 0.5) is 0 Å². The molecule has 0 radical (unpaired) electrons. The van der Waals surface area contributed by atoms with Gasteiger partial charge in [-0.15, -0.1) is 0 Å². The molecule has 1 heterocycles. The highest BCUT2D eigenvalue weighted by Gasteiger charge is 2.31. The van der Waals surface area contributed by atoms with Gasteiger partial charge in [-0.3, -0.25) is 9.59 Å². The molecule has 0 aliphatic heterocycles. The van der Waals surface area contributed by atoms with E-state index in [0.29, 0.717) is 11.1 Å². The van der Waals surface area contributed by atoms with Crippen molar-refractivity contribution in [1.29, 1.82) is 0 Å². The SMILES string of the molecule is C[C@@H](O)[C@H](NC(=O)[C@H](Cc1ccccc1)n1c(=O)[nH]c2ccccc2c1=O)C(=O)O. The van der Waals surface area contributed by atoms with Gasteiger partial charge in [-0.2, -0.15) is 0 Å². The molecule has 0 aliphatic rings. The van der Waals surface area contributed by atoms with Gasteiger partial charge in [-0.25, -0.2) is 14.2 Å². The van der Waals surface area contributed by atoms with Crippen molar-refractivity contribution in [3.8, 4) is 0 Å². The Morgan fingerprint density at radius 3 is 2.33 bits per heavy atom. The third-order valence-corrected chi connectivity index (χ3v) is 4.77. The second kappa shape index (κ2) is 8.75. The lowest BCUT2D eigenvalue weighted by Gasteiger charge is -2.23. The first kappa shape index (κ1) is 21.0. The van der Waals surface area contributed by atoms with Crippen LogP contribution in [0.3, 0.4) is 0 Å². The third kappa shape index (κ3) is 4.31. The molecule has 3 rings (SSSR count). The Labute approximate surface area is 170 Å². The van der Waals surface area contributed by atoms with E-state index in [9.17, 15) is 29.4 Å². The topological polar surface area (TPSA) is 141 Å². The molecule has 0 saturated carbocycles. The van der Waals surface area contributed by atoms with Gasteiger partial charge >= 0.3 is 11.7 Å². The summed E-state index contributed by atoms with van der Waals surface area (Å²) in [5.41, 5.74) is -0.468. The van der Waals surface area contributed by atoms with E-state index in [-0.39, 0.29) is 11.8 Å². The molecule has 0 unspecified atom stereocenters. The van der Waals surface area contributed by atoms with Gasteiger partial charge in [0, 0.05) is 6.42 Å². The minimum Gasteiger partial charge on any atom is -0.480 e. The number of aromatic nitrogens is 2. The second-order valence-electron chi connectivity index (χ2n) is 6.92. The van der Waals surface area contributed by atoms with Crippen LogP contribution >= 0.6 is 0 Å². The molecule has 9 nitrogen and oxygen atoms in total. The molecule has 0 spiro atoms. The number of carbonyl (C=O) groups is 2. The van der Waals surface area contributed by atoms with E-state index in [0.717, 1.165) is 4.57 Å². The Kier molecular flexibility index (Phi) is 6.12. The Hall–Kier alpha value is -3.72. The van der Waals surface area contributed by atoms with Crippen LogP contribution in [0.25, 0.3) is 10.9 Å². The molecule has 4 N–H and O–H groups in total. The van der Waals surface area contributed by atoms with Gasteiger partial charge < -0.3 is 20.5 Å². The third-order valence-electron chi connectivity index (χ3n) is 4.77. The van der Waals surface area contributed by atoms with Gasteiger partial charge in [-0.05, 0) is 24.6 Å². The molecule has 156 valence electrons. The van der Waals surface area contributed by atoms with Gasteiger partial charge in [0.05, 0.1) is 17.0 Å². The number of para-hydroxylation sites is 1. The molecule has 1 aromatic heterocycles. The van der Waals surface area contributed by atoms with Gasteiger partial charge in [0.25, 0.3) is 5.56 Å². The van der Waals surface area contributed by atoms with E-state index in [1.54, 1.807) is 48.5 Å². The molecule has 30 heavy (non-hydrogen) atoms. The molecule has 9 heteroatoms. The first-order valence-electron chi connectivity index (χ1n) is 9.28. The van der Waals surface area contributed by atoms with Crippen molar-refractivity contribution in [3.63, 3.8) is 0 Å². The van der Waals surface area contributed by atoms with Crippen molar-refractivity contribution in [2.75, 3.05) is 0 Å². The van der Waals surface area contributed by atoms with Gasteiger partial charge in [-0.1, -0.05) is 42.5 Å². The van der Waals surface area contributed by atoms with Crippen molar-refractivity contribution in [2.45, 2.75) is 31.5 Å². The molecular weight excluding hydrogens is 390 g/mol. The molecule has 0 aliphatic carbocycles. The summed E-state index contributed by atoms with van der Waals surface area (Å²) in [4.78, 5) is 52.7. The number of aliphatic hydroxyl groups is 1. The standard InChI is InChI=1S/C21H21N3O6/c1-12(25)17(20(28)29)23-18(26)16(11-13-7-3-2-4-8-13)24-19(27)14-9-5-6-10-15(14)22-21(24)30/h2-10,12,16-17,25H,11H2,1H3,(H,22,30)(H,23,26)(H,28,29)/t12-,16+,17+/m1/s1. The van der Waals surface area contributed by atoms with Crippen LogP contribution in [-0.2, 0) is 16.0 Å². The van der Waals surface area contributed by atoms with Crippen LogP contribution in [-0.4, -0.2) is 43.8 Å². The van der Waals surface area contributed by atoms with Crippen LogP contribution in [0.2, 0.25) is 0 Å². The molecule has 1 amide bonds. The number of nitrogens with zero attached hydrogens (tertiary/aromatic N) is 1. The molecule has 3 atom stereocenters. The number of aromatic amines is 1. The number of hydrogen-bond acceptors (Lipinski definition) is 5. The maximum Gasteiger partial charge on any atom is 0.329 e. The number of carboxylic acid groups (broad SMARTS) is 1. The normalized spacial score (nSPS) is 14.1. The zero-order valence-corrected chi connectivity index (χ0v) is 16.1. The fourth-order valence-electron chi connectivity index (χ4n) is 3.24. The highest BCUT2D eigenvalue weighted by Crippen LogP contribution is 2.14. The van der Waals surface area contributed by atoms with Crippen LogP contribution in [0, 0.1) is 0 Å². The van der Waals surface area contributed by atoms with Crippen molar-refractivity contribution in [2.24, 2.45) is 0 Å². The molecule has 0 saturated heterocycles. The predicted molar refractivity (Wildman–Crippen MR) is 109 cm³/mol. The minimum absolute atomic E-state index is 0.0276. The number of rotatable bonds is 7. The lowest BCUT2D eigenvalue weighted by atomic mass is 10.0. The number of carboxylic acids is 1. The summed E-state index contributed by atoms with van der Waals surface area (Å²) in [6, 6.07) is 12.2. The first-order valence-corrected chi connectivity index (χ1v) is 9.28. The van der Waals surface area contributed by atoms with Gasteiger partial charge in [0.15, 0.2) is 6.04 Å². The van der Waals surface area contributed by atoms with Crippen LogP contribution in [0.1, 0.15) is 18.5 Å². The number of aliphatic hydroxyl groups excluding tert-OH is 1. The summed E-state index contributed by atoms with van der Waals surface area (Å²) in [5.74, 6) is -2.30. The van der Waals surface area contributed by atoms with E-state index in [4.69, 9.17) is 0 Å². The average Bonchev–Trinajstić information content (AvgIpc) is 2.71. The Morgan fingerprint density at radius 2 is 1.70 bits per heavy atom. The molecule has 0 fully saturated rings. The highest BCUT2D eigenvalue weighted by atomic mass is 16.4. The quantitative estimate of drug-likeness (QED) is 0.444. The molecule has 0 bridgehead atoms. The number of amides is 1. The summed E-state index contributed by atoms with van der Waals surface area (Å²) >= 11 is 0. The largest absolute Gasteiger partial charge is 0.480 e. The number of hydrogen-bond donors (Lipinski definition) is 4. The zero-order chi connectivity index (χ0) is 21.8. The first-order chi connectivity index (χ1) is 14.3. The average molecular weight is 411 g/mol. The number of benzene rings is 2. The summed E-state index contributed by atoms with van der Waals surface area (Å²) in [5, 5.41) is 21.4. The van der Waals surface area contributed by atoms with Crippen molar-refractivity contribution >= 4 is 22.8 Å². The van der Waals surface area contributed by atoms with Gasteiger partial charge in [0.2, 0.25) is 5.91 Å². The van der Waals surface area contributed by atoms with Crippen LogP contribution in [0.5, 0.6) is 0 Å². The van der Waals surface area contributed by atoms with Crippen molar-refractivity contribution in [3.05, 3.63) is 81.0 Å². The molecular formula is C21H21N3O6. The highest BCUT2D eigenvalue weighted by molar-refractivity contribution is 5.87. The summed E-state index contributed by atoms with van der Waals surface area (Å²) in [6.07, 6.45) is -1.41. The maximum atomic E-state index is 13.0. The summed E-state index contributed by atoms with van der Waals surface area (Å²) in [6.45, 7) is 1.22. The Morgan fingerprint density at radius 1 is 1.07 bits per heavy atom. The Balaban J connectivity index is 2.12. The zero-order valence-electron chi connectivity index (χ0n) is 16.1. The summed E-state index contributed by atoms with van der Waals surface area (Å²) < 4.78 is 0.783. The number of aliphatic carboxylic acids is 1. The predicted octanol–water partition coefficient (Wildman–Crippen LogP) is 0.424. The smallest absolute Gasteiger partial charge is 0.329 e. The molecule has 2 aromatic carbocycles. The number of fused-ring (bicyclic) bond motifs is 1. The van der Waals surface area contributed by atoms with Crippen molar-refractivity contribution < 1.29 is 19.8 Å². The lowest BCUT2D eigenvalue weighted by molar-refractivity contribution is -0.145. The molecule has 3 aromatic rings. The van der Waals surface area contributed by atoms with E-state index >= 15 is 0 Å². The van der Waals surface area contributed by atoms with Crippen LogP contribution in [0.15, 0.2) is 64.2 Å². The van der Waals surface area contributed by atoms with E-state index < -0.39 is 41.3 Å². The van der Waals surface area contributed by atoms with Crippen LogP contribution < -0.4 is 16.6 Å². The van der Waals surface area contributed by atoms with E-state index in [1.807, 2.05) is 0 Å². The number of nitrogens with one attached hydrogen (secondary N) is 2. The van der Waals surface area contributed by atoms with Crippen molar-refractivity contribution in [1.82, 2.24) is 14.9 Å². The lowest BCUT2D eigenvalue weighted by Crippen LogP contribution is -2.52. The van der Waals surface area contributed by atoms with E-state index in [1.165, 1.54) is 13.0 Å². The number of carbonyl (C=O) groups excluding carboxylic acids is 1. The van der Waals surface area contributed by atoms with Gasteiger partial charge in [0.1, 0.15) is 6.04 Å². The fraction of sp³-hybridized carbons (Fsp3) is 0.238. The minimum atomic E-state index is -1.59. The number of H-pyrrole nitrogens is 1. The Bertz CT molecular complexity index is 1180. The second-order valence-corrected chi connectivity index (χ2v) is 6.92. The maximum absolute atomic E-state index is 13.0.